The standard InChI is InChI=1S/C35H42F2N2O4/c1-22-15-27(23-5-6-23)28(26-11-13-39(30(22)26)31(40)43-32(2,3)4)17-38-14-12-33(18-35(36,37)19-33)16-29(38)24-7-9-25(10-8-24)34(41)20-42-21-34/h7-11,13,15,23,29,41H,5-6,12,14,16-21H2,1-4H3. The quantitative estimate of drug-likeness (QED) is 0.331. The molecule has 4 fully saturated rings. The van der Waals surface area contributed by atoms with E-state index in [1.54, 1.807) is 4.57 Å². The van der Waals surface area contributed by atoms with Crippen molar-refractivity contribution in [3.63, 3.8) is 0 Å². The average Bonchev–Trinajstić information content (AvgIpc) is 3.64. The highest BCUT2D eigenvalue weighted by molar-refractivity contribution is 5.94. The first-order chi connectivity index (χ1) is 20.2. The van der Waals surface area contributed by atoms with Crippen molar-refractivity contribution in [2.75, 3.05) is 19.8 Å². The number of aromatic nitrogens is 1. The number of carbonyl (C=O) groups is 1. The van der Waals surface area contributed by atoms with Crippen LogP contribution in [0.25, 0.3) is 10.9 Å². The van der Waals surface area contributed by atoms with E-state index in [9.17, 15) is 18.7 Å². The van der Waals surface area contributed by atoms with Gasteiger partial charge in [0.25, 0.3) is 0 Å². The molecule has 1 unspecified atom stereocenters. The maximum Gasteiger partial charge on any atom is 0.418 e. The molecule has 0 bridgehead atoms. The smallest absolute Gasteiger partial charge is 0.418 e. The predicted molar refractivity (Wildman–Crippen MR) is 160 cm³/mol. The molecule has 8 heteroatoms. The van der Waals surface area contributed by atoms with E-state index >= 15 is 0 Å². The van der Waals surface area contributed by atoms with Crippen molar-refractivity contribution in [3.05, 3.63) is 70.4 Å². The fraction of sp³-hybridized carbons (Fsp3) is 0.571. The molecule has 2 aliphatic carbocycles. The SMILES string of the molecule is Cc1cc(C2CC2)c(CN2CCC3(CC2c2ccc(C4(O)COC4)cc2)CC(F)(F)C3)c2ccn(C(=O)OC(C)(C)C)c12. The molecule has 1 N–H and O–H groups in total. The van der Waals surface area contributed by atoms with Gasteiger partial charge in [0.05, 0.1) is 18.7 Å². The Hall–Kier alpha value is -2.81. The van der Waals surface area contributed by atoms with Crippen LogP contribution in [0.3, 0.4) is 0 Å². The van der Waals surface area contributed by atoms with E-state index in [1.807, 2.05) is 45.2 Å². The molecule has 2 saturated heterocycles. The highest BCUT2D eigenvalue weighted by Crippen LogP contribution is 2.60. The van der Waals surface area contributed by atoms with Crippen LogP contribution in [0.1, 0.15) is 99.1 Å². The zero-order chi connectivity index (χ0) is 30.4. The van der Waals surface area contributed by atoms with Crippen LogP contribution in [0.15, 0.2) is 42.6 Å². The lowest BCUT2D eigenvalue weighted by atomic mass is 9.59. The van der Waals surface area contributed by atoms with Gasteiger partial charge in [-0.15, -0.1) is 0 Å². The third-order valence-electron chi connectivity index (χ3n) is 10.1. The summed E-state index contributed by atoms with van der Waals surface area (Å²) in [4.78, 5) is 15.6. The zero-order valence-electron chi connectivity index (χ0n) is 25.6. The number of piperidine rings is 1. The number of nitrogens with zero attached hydrogens (tertiary/aromatic N) is 2. The minimum Gasteiger partial charge on any atom is -0.443 e. The number of fused-ring (bicyclic) bond motifs is 1. The van der Waals surface area contributed by atoms with Gasteiger partial charge < -0.3 is 14.6 Å². The minimum absolute atomic E-state index is 0.0254. The number of rotatable bonds is 5. The van der Waals surface area contributed by atoms with Crippen molar-refractivity contribution in [2.45, 2.75) is 102 Å². The Morgan fingerprint density at radius 2 is 1.81 bits per heavy atom. The molecule has 6 nitrogen and oxygen atoms in total. The third-order valence-corrected chi connectivity index (χ3v) is 10.1. The Morgan fingerprint density at radius 3 is 2.40 bits per heavy atom. The number of hydrogen-bond donors (Lipinski definition) is 1. The van der Waals surface area contributed by atoms with E-state index in [1.165, 1.54) is 11.1 Å². The van der Waals surface area contributed by atoms with Crippen LogP contribution < -0.4 is 0 Å². The first kappa shape index (κ1) is 28.9. The van der Waals surface area contributed by atoms with Gasteiger partial charge in [0.2, 0.25) is 5.92 Å². The normalized spacial score (nSPS) is 24.5. The van der Waals surface area contributed by atoms with Crippen molar-refractivity contribution >= 4 is 17.0 Å². The molecule has 7 rings (SSSR count). The molecular formula is C35H42F2N2O4. The second kappa shape index (κ2) is 9.85. The maximum absolute atomic E-state index is 14.2. The van der Waals surface area contributed by atoms with Crippen LogP contribution in [0.4, 0.5) is 13.6 Å². The number of aliphatic hydroxyl groups is 1. The lowest BCUT2D eigenvalue weighted by Crippen LogP contribution is -2.53. The van der Waals surface area contributed by atoms with E-state index < -0.39 is 23.2 Å². The summed E-state index contributed by atoms with van der Waals surface area (Å²) in [6.07, 6.45) is 5.08. The summed E-state index contributed by atoms with van der Waals surface area (Å²) in [5.74, 6) is -2.07. The van der Waals surface area contributed by atoms with Crippen molar-refractivity contribution in [1.29, 1.82) is 0 Å². The van der Waals surface area contributed by atoms with Crippen LogP contribution in [-0.2, 0) is 21.6 Å². The van der Waals surface area contributed by atoms with Gasteiger partial charge in [-0.1, -0.05) is 30.3 Å². The average molecular weight is 593 g/mol. The molecule has 43 heavy (non-hydrogen) atoms. The van der Waals surface area contributed by atoms with Gasteiger partial charge in [0.1, 0.15) is 11.2 Å². The number of halogens is 2. The van der Waals surface area contributed by atoms with E-state index in [-0.39, 0.29) is 37.5 Å². The van der Waals surface area contributed by atoms with Crippen LogP contribution in [0, 0.1) is 12.3 Å². The van der Waals surface area contributed by atoms with E-state index in [0.717, 1.165) is 53.4 Å². The lowest BCUT2D eigenvalue weighted by Gasteiger charge is -2.55. The van der Waals surface area contributed by atoms with E-state index in [0.29, 0.717) is 18.9 Å². The molecule has 2 saturated carbocycles. The molecule has 2 aromatic carbocycles. The summed E-state index contributed by atoms with van der Waals surface area (Å²) in [5, 5.41) is 11.8. The Bertz CT molecular complexity index is 1560. The number of ether oxygens (including phenoxy) is 2. The Balaban J connectivity index is 1.25. The first-order valence-electron chi connectivity index (χ1n) is 15.6. The van der Waals surface area contributed by atoms with Crippen LogP contribution in [-0.4, -0.2) is 51.9 Å². The number of aryl methyl sites for hydroxylation is 1. The summed E-state index contributed by atoms with van der Waals surface area (Å²) in [6, 6.07) is 12.3. The predicted octanol–water partition coefficient (Wildman–Crippen LogP) is 7.58. The van der Waals surface area contributed by atoms with Crippen molar-refractivity contribution in [3.8, 4) is 0 Å². The summed E-state index contributed by atoms with van der Waals surface area (Å²) in [5.41, 5.74) is 4.50. The Morgan fingerprint density at radius 1 is 1.12 bits per heavy atom. The summed E-state index contributed by atoms with van der Waals surface area (Å²) < 4.78 is 41.0. The molecule has 1 spiro atoms. The Kier molecular flexibility index (Phi) is 6.62. The molecule has 3 aromatic rings. The van der Waals surface area contributed by atoms with Crippen LogP contribution >= 0.6 is 0 Å². The number of likely N-dealkylation sites (tertiary alicyclic amines) is 1. The summed E-state index contributed by atoms with van der Waals surface area (Å²) >= 11 is 0. The molecule has 0 amide bonds. The molecule has 230 valence electrons. The molecule has 3 heterocycles. The van der Waals surface area contributed by atoms with Gasteiger partial charge in [-0.25, -0.2) is 13.6 Å². The first-order valence-corrected chi connectivity index (χ1v) is 15.6. The second-order valence-electron chi connectivity index (χ2n) is 14.8. The van der Waals surface area contributed by atoms with Gasteiger partial charge in [0.15, 0.2) is 0 Å². The van der Waals surface area contributed by atoms with Gasteiger partial charge in [0, 0.05) is 37.0 Å². The minimum atomic E-state index is -2.57. The molecule has 1 aromatic heterocycles. The van der Waals surface area contributed by atoms with Gasteiger partial charge in [-0.2, -0.15) is 0 Å². The summed E-state index contributed by atoms with van der Waals surface area (Å²) in [6.45, 7) is 9.65. The summed E-state index contributed by atoms with van der Waals surface area (Å²) in [7, 11) is 0. The number of hydrogen-bond acceptors (Lipinski definition) is 5. The number of benzene rings is 2. The number of carbonyl (C=O) groups excluding carboxylic acids is 1. The topological polar surface area (TPSA) is 63.9 Å². The fourth-order valence-electron chi connectivity index (χ4n) is 7.76. The van der Waals surface area contributed by atoms with E-state index in [4.69, 9.17) is 9.47 Å². The van der Waals surface area contributed by atoms with Gasteiger partial charge >= 0.3 is 6.09 Å². The third kappa shape index (κ3) is 5.29. The van der Waals surface area contributed by atoms with Crippen LogP contribution in [0.5, 0.6) is 0 Å². The monoisotopic (exact) mass is 592 g/mol. The molecule has 4 aliphatic rings. The molecule has 2 aliphatic heterocycles. The number of alkyl halides is 2. The van der Waals surface area contributed by atoms with Crippen molar-refractivity contribution in [1.82, 2.24) is 9.47 Å². The zero-order valence-corrected chi connectivity index (χ0v) is 25.6. The molecular weight excluding hydrogens is 550 g/mol. The fourth-order valence-corrected chi connectivity index (χ4v) is 7.76. The van der Waals surface area contributed by atoms with Gasteiger partial charge in [-0.3, -0.25) is 9.47 Å². The van der Waals surface area contributed by atoms with E-state index in [2.05, 4.69) is 30.0 Å². The van der Waals surface area contributed by atoms with Gasteiger partial charge in [-0.05, 0) is 105 Å². The molecule has 1 atom stereocenters. The highest BCUT2D eigenvalue weighted by Gasteiger charge is 2.58. The van der Waals surface area contributed by atoms with Crippen LogP contribution in [0.2, 0.25) is 0 Å². The second-order valence-corrected chi connectivity index (χ2v) is 14.8. The highest BCUT2D eigenvalue weighted by atomic mass is 19.3. The Labute approximate surface area is 252 Å². The lowest BCUT2D eigenvalue weighted by molar-refractivity contribution is -0.186. The van der Waals surface area contributed by atoms with Crippen molar-refractivity contribution < 1.29 is 28.2 Å². The van der Waals surface area contributed by atoms with Crippen molar-refractivity contribution in [2.24, 2.45) is 5.41 Å². The molecule has 0 radical (unpaired) electrons. The largest absolute Gasteiger partial charge is 0.443 e. The maximum atomic E-state index is 14.2.